The van der Waals surface area contributed by atoms with E-state index in [9.17, 15) is 9.59 Å². The minimum absolute atomic E-state index is 0.0123. The van der Waals surface area contributed by atoms with Gasteiger partial charge in [0.25, 0.3) is 0 Å². The van der Waals surface area contributed by atoms with Crippen molar-refractivity contribution in [2.24, 2.45) is 5.41 Å². The molecule has 0 fully saturated rings. The third-order valence-corrected chi connectivity index (χ3v) is 2.82. The number of alkyl carbamates (subject to hydrolysis) is 1. The third kappa shape index (κ3) is 4.73. The predicted molar refractivity (Wildman–Crippen MR) is 73.9 cm³/mol. The lowest BCUT2D eigenvalue weighted by molar-refractivity contribution is -0.128. The summed E-state index contributed by atoms with van der Waals surface area (Å²) in [6.07, 6.45) is -0.120. The molecule has 1 atom stereocenters. The summed E-state index contributed by atoms with van der Waals surface area (Å²) < 4.78 is 4.58. The first kappa shape index (κ1) is 15.2. The molecule has 0 aliphatic carbocycles. The number of ether oxygens (including phenoxy) is 1. The molecule has 0 aliphatic heterocycles. The highest BCUT2D eigenvalue weighted by atomic mass is 16.5. The summed E-state index contributed by atoms with van der Waals surface area (Å²) in [5, 5.41) is 2.61. The van der Waals surface area contributed by atoms with Crippen LogP contribution in [0.5, 0.6) is 0 Å². The monoisotopic (exact) mass is 263 g/mol. The van der Waals surface area contributed by atoms with E-state index in [0.29, 0.717) is 6.42 Å². The van der Waals surface area contributed by atoms with E-state index in [4.69, 9.17) is 0 Å². The van der Waals surface area contributed by atoms with Crippen molar-refractivity contribution in [3.05, 3.63) is 35.9 Å². The number of methoxy groups -OCH3 is 1. The van der Waals surface area contributed by atoms with Crippen molar-refractivity contribution in [2.75, 3.05) is 7.11 Å². The van der Waals surface area contributed by atoms with Crippen LogP contribution in [-0.4, -0.2) is 25.0 Å². The summed E-state index contributed by atoms with van der Waals surface area (Å²) in [6.45, 7) is 5.52. The third-order valence-electron chi connectivity index (χ3n) is 2.82. The topological polar surface area (TPSA) is 55.4 Å². The smallest absolute Gasteiger partial charge is 0.407 e. The van der Waals surface area contributed by atoms with Gasteiger partial charge >= 0.3 is 6.09 Å². The van der Waals surface area contributed by atoms with Crippen molar-refractivity contribution in [1.29, 1.82) is 0 Å². The Kier molecular flexibility index (Phi) is 5.10. The average molecular weight is 263 g/mol. The Balaban J connectivity index is 2.87. The number of benzene rings is 1. The number of carbonyl (C=O) groups excluding carboxylic acids is 2. The maximum atomic E-state index is 12.4. The van der Waals surface area contributed by atoms with Crippen molar-refractivity contribution in [3.8, 4) is 0 Å². The lowest BCUT2D eigenvalue weighted by Crippen LogP contribution is -2.46. The van der Waals surface area contributed by atoms with Gasteiger partial charge in [-0.1, -0.05) is 51.1 Å². The minimum atomic E-state index is -0.585. The normalized spacial score (nSPS) is 12.6. The van der Waals surface area contributed by atoms with Gasteiger partial charge in [-0.3, -0.25) is 4.79 Å². The molecule has 0 unspecified atom stereocenters. The van der Waals surface area contributed by atoms with Gasteiger partial charge < -0.3 is 10.1 Å². The molecule has 0 spiro atoms. The molecule has 0 bridgehead atoms. The van der Waals surface area contributed by atoms with Gasteiger partial charge in [-0.05, 0) is 12.0 Å². The fourth-order valence-corrected chi connectivity index (χ4v) is 1.78. The van der Waals surface area contributed by atoms with Gasteiger partial charge in [0.2, 0.25) is 0 Å². The number of ketones is 1. The number of hydrogen-bond acceptors (Lipinski definition) is 3. The zero-order valence-corrected chi connectivity index (χ0v) is 11.9. The van der Waals surface area contributed by atoms with E-state index in [1.807, 2.05) is 51.1 Å². The molecule has 0 aromatic heterocycles. The lowest BCUT2D eigenvalue weighted by Gasteiger charge is -2.25. The van der Waals surface area contributed by atoms with Crippen LogP contribution in [0.3, 0.4) is 0 Å². The van der Waals surface area contributed by atoms with Gasteiger partial charge in [0.15, 0.2) is 5.78 Å². The van der Waals surface area contributed by atoms with E-state index in [1.165, 1.54) is 7.11 Å². The first-order valence-electron chi connectivity index (χ1n) is 6.27. The van der Waals surface area contributed by atoms with Crippen LogP contribution in [0.25, 0.3) is 0 Å². The largest absolute Gasteiger partial charge is 0.453 e. The first-order valence-corrected chi connectivity index (χ1v) is 6.27. The van der Waals surface area contributed by atoms with E-state index in [-0.39, 0.29) is 5.78 Å². The molecule has 4 nitrogen and oxygen atoms in total. The Morgan fingerprint density at radius 3 is 2.26 bits per heavy atom. The maximum Gasteiger partial charge on any atom is 0.407 e. The minimum Gasteiger partial charge on any atom is -0.453 e. The Hall–Kier alpha value is -1.84. The number of carbonyl (C=O) groups is 2. The molecule has 1 rings (SSSR count). The van der Waals surface area contributed by atoms with Crippen molar-refractivity contribution < 1.29 is 14.3 Å². The predicted octanol–water partition coefficient (Wildman–Crippen LogP) is 2.57. The molecule has 0 saturated carbocycles. The van der Waals surface area contributed by atoms with E-state index in [0.717, 1.165) is 5.56 Å². The number of rotatable bonds is 4. The highest BCUT2D eigenvalue weighted by Gasteiger charge is 2.31. The first-order chi connectivity index (χ1) is 8.84. The van der Waals surface area contributed by atoms with Gasteiger partial charge in [-0.2, -0.15) is 0 Å². The summed E-state index contributed by atoms with van der Waals surface area (Å²) in [5.74, 6) is -0.0123. The summed E-state index contributed by atoms with van der Waals surface area (Å²) in [6, 6.07) is 9.02. The molecule has 1 N–H and O–H groups in total. The standard InChI is InChI=1S/C15H21NO3/c1-15(2,3)13(17)12(16-14(18)19-4)10-11-8-6-5-7-9-11/h5-9,12H,10H2,1-4H3,(H,16,18)/t12-/m1/s1. The zero-order valence-electron chi connectivity index (χ0n) is 11.9. The van der Waals surface area contributed by atoms with E-state index < -0.39 is 17.6 Å². The van der Waals surface area contributed by atoms with Crippen LogP contribution in [-0.2, 0) is 16.0 Å². The Morgan fingerprint density at radius 1 is 1.21 bits per heavy atom. The van der Waals surface area contributed by atoms with Crippen molar-refractivity contribution >= 4 is 11.9 Å². The molecule has 1 aromatic carbocycles. The Morgan fingerprint density at radius 2 is 1.79 bits per heavy atom. The van der Waals surface area contributed by atoms with E-state index in [1.54, 1.807) is 0 Å². The highest BCUT2D eigenvalue weighted by Crippen LogP contribution is 2.19. The van der Waals surface area contributed by atoms with Gasteiger partial charge in [-0.15, -0.1) is 0 Å². The van der Waals surface area contributed by atoms with Crippen LogP contribution in [0.1, 0.15) is 26.3 Å². The summed E-state index contributed by atoms with van der Waals surface area (Å²) in [5.41, 5.74) is 0.488. The average Bonchev–Trinajstić information content (AvgIpc) is 2.37. The maximum absolute atomic E-state index is 12.4. The molecule has 0 heterocycles. The fourth-order valence-electron chi connectivity index (χ4n) is 1.78. The highest BCUT2D eigenvalue weighted by molar-refractivity contribution is 5.91. The molecule has 0 aliphatic rings. The Bertz CT molecular complexity index is 434. The van der Waals surface area contributed by atoms with Gasteiger partial charge in [0.05, 0.1) is 13.2 Å². The number of nitrogens with one attached hydrogen (secondary N) is 1. The second kappa shape index (κ2) is 6.36. The zero-order chi connectivity index (χ0) is 14.5. The second-order valence-corrected chi connectivity index (χ2v) is 5.49. The van der Waals surface area contributed by atoms with E-state index >= 15 is 0 Å². The van der Waals surface area contributed by atoms with Crippen molar-refractivity contribution in [2.45, 2.75) is 33.2 Å². The SMILES string of the molecule is COC(=O)N[C@H](Cc1ccccc1)C(=O)C(C)(C)C. The van der Waals surface area contributed by atoms with Crippen LogP contribution in [0.15, 0.2) is 30.3 Å². The van der Waals surface area contributed by atoms with Crippen LogP contribution in [0.2, 0.25) is 0 Å². The number of amides is 1. The van der Waals surface area contributed by atoms with Crippen molar-refractivity contribution in [1.82, 2.24) is 5.32 Å². The Labute approximate surface area is 114 Å². The molecule has 104 valence electrons. The number of hydrogen-bond donors (Lipinski definition) is 1. The molecule has 4 heteroatoms. The molecule has 0 radical (unpaired) electrons. The van der Waals surface area contributed by atoms with Gasteiger partial charge in [0, 0.05) is 5.41 Å². The van der Waals surface area contributed by atoms with Crippen LogP contribution in [0.4, 0.5) is 4.79 Å². The lowest BCUT2D eigenvalue weighted by atomic mass is 9.84. The van der Waals surface area contributed by atoms with E-state index in [2.05, 4.69) is 10.1 Å². The number of Topliss-reactive ketones (excluding diaryl/α,β-unsaturated/α-hetero) is 1. The fraction of sp³-hybridized carbons (Fsp3) is 0.467. The van der Waals surface area contributed by atoms with Crippen LogP contribution < -0.4 is 5.32 Å². The summed E-state index contributed by atoms with van der Waals surface area (Å²) >= 11 is 0. The van der Waals surface area contributed by atoms with Crippen molar-refractivity contribution in [3.63, 3.8) is 0 Å². The van der Waals surface area contributed by atoms with Crippen LogP contribution in [0, 0.1) is 5.41 Å². The quantitative estimate of drug-likeness (QED) is 0.908. The van der Waals surface area contributed by atoms with Crippen LogP contribution >= 0.6 is 0 Å². The molecule has 19 heavy (non-hydrogen) atoms. The van der Waals surface area contributed by atoms with Gasteiger partial charge in [-0.25, -0.2) is 4.79 Å². The van der Waals surface area contributed by atoms with Gasteiger partial charge in [0.1, 0.15) is 0 Å². The summed E-state index contributed by atoms with van der Waals surface area (Å²) in [4.78, 5) is 23.7. The molecular formula is C15H21NO3. The molecular weight excluding hydrogens is 242 g/mol. The molecule has 0 saturated heterocycles. The summed E-state index contributed by atoms with van der Waals surface area (Å²) in [7, 11) is 1.29. The molecule has 1 aromatic rings. The second-order valence-electron chi connectivity index (χ2n) is 5.49. The molecule has 1 amide bonds.